The van der Waals surface area contributed by atoms with Gasteiger partial charge in [0.05, 0.1) is 0 Å². The monoisotopic (exact) mass is 230 g/mol. The number of hydrogen-bond acceptors (Lipinski definition) is 4. The summed E-state index contributed by atoms with van der Waals surface area (Å²) in [5, 5.41) is 0. The molecule has 88 valence electrons. The second kappa shape index (κ2) is 3.91. The summed E-state index contributed by atoms with van der Waals surface area (Å²) in [6, 6.07) is 0. The maximum absolute atomic E-state index is 11.2. The van der Waals surface area contributed by atoms with Crippen LogP contribution in [0.1, 0.15) is 19.8 Å². The normalized spacial score (nSPS) is 23.4. The molecule has 0 bridgehead atoms. The van der Waals surface area contributed by atoms with Gasteiger partial charge in [-0.15, -0.1) is 0 Å². The molecular weight excluding hydrogens is 216 g/mol. The first-order valence-electron chi connectivity index (χ1n) is 5.91. The molecule has 3 heterocycles. The first-order chi connectivity index (χ1) is 8.24. The Kier molecular flexibility index (Phi) is 2.39. The minimum atomic E-state index is 0.160. The highest BCUT2D eigenvalue weighted by Crippen LogP contribution is 2.23. The number of nitrogens with zero attached hydrogens (tertiary/aromatic N) is 4. The molecule has 0 unspecified atom stereocenters. The Balaban J connectivity index is 1.67. The second-order valence-electron chi connectivity index (χ2n) is 4.52. The summed E-state index contributed by atoms with van der Waals surface area (Å²) in [6.45, 7) is 3.25. The van der Waals surface area contributed by atoms with Crippen molar-refractivity contribution >= 4 is 23.3 Å². The molecule has 0 atom stereocenters. The van der Waals surface area contributed by atoms with Crippen molar-refractivity contribution in [2.45, 2.75) is 19.8 Å². The lowest BCUT2D eigenvalue weighted by atomic mass is 9.96. The average Bonchev–Trinajstić information content (AvgIpc) is 2.89. The van der Waals surface area contributed by atoms with Gasteiger partial charge in [-0.05, 0) is 18.9 Å². The summed E-state index contributed by atoms with van der Waals surface area (Å²) >= 11 is 0. The van der Waals surface area contributed by atoms with E-state index >= 15 is 0 Å². The van der Waals surface area contributed by atoms with Gasteiger partial charge in [0.1, 0.15) is 11.5 Å². The molecule has 17 heavy (non-hydrogen) atoms. The lowest BCUT2D eigenvalue weighted by Crippen LogP contribution is -2.38. The molecule has 0 aromatic heterocycles. The van der Waals surface area contributed by atoms with Crippen LogP contribution in [0.4, 0.5) is 0 Å². The Morgan fingerprint density at radius 2 is 2.12 bits per heavy atom. The zero-order chi connectivity index (χ0) is 11.8. The van der Waals surface area contributed by atoms with E-state index in [-0.39, 0.29) is 5.91 Å². The van der Waals surface area contributed by atoms with E-state index in [2.05, 4.69) is 15.0 Å². The fourth-order valence-corrected chi connectivity index (χ4v) is 2.38. The van der Waals surface area contributed by atoms with Gasteiger partial charge < -0.3 is 4.90 Å². The number of rotatable bonds is 1. The minimum absolute atomic E-state index is 0.160. The SMILES string of the molecule is CC(=O)N1CCC(C2=NC3=NC=CC3=N2)CC1. The smallest absolute Gasteiger partial charge is 0.219 e. The molecule has 5 heteroatoms. The van der Waals surface area contributed by atoms with Crippen LogP contribution in [0.5, 0.6) is 0 Å². The molecular formula is C12H14N4O. The van der Waals surface area contributed by atoms with Crippen LogP contribution < -0.4 is 0 Å². The molecule has 0 spiro atoms. The molecule has 0 aromatic rings. The van der Waals surface area contributed by atoms with Gasteiger partial charge in [-0.3, -0.25) is 4.79 Å². The molecule has 0 radical (unpaired) electrons. The van der Waals surface area contributed by atoms with Crippen LogP contribution >= 0.6 is 0 Å². The second-order valence-corrected chi connectivity index (χ2v) is 4.52. The maximum Gasteiger partial charge on any atom is 0.219 e. The van der Waals surface area contributed by atoms with Gasteiger partial charge >= 0.3 is 0 Å². The molecule has 0 aromatic carbocycles. The minimum Gasteiger partial charge on any atom is -0.343 e. The number of carbonyl (C=O) groups is 1. The number of hydrogen-bond donors (Lipinski definition) is 0. The van der Waals surface area contributed by atoms with Crippen molar-refractivity contribution < 1.29 is 4.79 Å². The summed E-state index contributed by atoms with van der Waals surface area (Å²) in [5.41, 5.74) is 0.883. The number of amides is 1. The highest BCUT2D eigenvalue weighted by Gasteiger charge is 2.28. The Morgan fingerprint density at radius 3 is 2.76 bits per heavy atom. The number of fused-ring (bicyclic) bond motifs is 1. The van der Waals surface area contributed by atoms with Crippen molar-refractivity contribution in [1.82, 2.24) is 4.90 Å². The van der Waals surface area contributed by atoms with Gasteiger partial charge in [-0.25, -0.2) is 15.0 Å². The largest absolute Gasteiger partial charge is 0.343 e. The third-order valence-corrected chi connectivity index (χ3v) is 3.42. The molecule has 3 rings (SSSR count). The first-order valence-corrected chi connectivity index (χ1v) is 5.91. The van der Waals surface area contributed by atoms with Gasteiger partial charge in [0.2, 0.25) is 5.91 Å². The van der Waals surface area contributed by atoms with E-state index in [9.17, 15) is 4.79 Å². The predicted octanol–water partition coefficient (Wildman–Crippen LogP) is 1.02. The lowest BCUT2D eigenvalue weighted by molar-refractivity contribution is -0.129. The molecule has 1 amide bonds. The molecule has 3 aliphatic heterocycles. The zero-order valence-electron chi connectivity index (χ0n) is 9.76. The van der Waals surface area contributed by atoms with E-state index in [1.807, 2.05) is 11.0 Å². The standard InChI is InChI=1S/C12H14N4O/c1-8(17)16-6-3-9(4-7-16)11-14-10-2-5-13-12(10)15-11/h2,5,9H,3-4,6-7H2,1H3. The lowest BCUT2D eigenvalue weighted by Gasteiger charge is -2.30. The highest BCUT2D eigenvalue weighted by molar-refractivity contribution is 6.52. The van der Waals surface area contributed by atoms with E-state index in [4.69, 9.17) is 0 Å². The van der Waals surface area contributed by atoms with Gasteiger partial charge in [-0.2, -0.15) is 0 Å². The quantitative estimate of drug-likeness (QED) is 0.663. The predicted molar refractivity (Wildman–Crippen MR) is 66.4 cm³/mol. The summed E-state index contributed by atoms with van der Waals surface area (Å²) < 4.78 is 0. The van der Waals surface area contributed by atoms with E-state index < -0.39 is 0 Å². The molecule has 1 fully saturated rings. The number of amidine groups is 2. The molecule has 5 nitrogen and oxygen atoms in total. The third-order valence-electron chi connectivity index (χ3n) is 3.42. The maximum atomic E-state index is 11.2. The molecule has 0 N–H and O–H groups in total. The van der Waals surface area contributed by atoms with Gasteiger partial charge in [-0.1, -0.05) is 0 Å². The number of carbonyl (C=O) groups excluding carboxylic acids is 1. The highest BCUT2D eigenvalue weighted by atomic mass is 16.2. The number of aliphatic imine (C=N–C) groups is 3. The summed E-state index contributed by atoms with van der Waals surface area (Å²) in [4.78, 5) is 26.2. The van der Waals surface area contributed by atoms with E-state index in [0.29, 0.717) is 5.92 Å². The summed E-state index contributed by atoms with van der Waals surface area (Å²) in [6.07, 6.45) is 5.52. The van der Waals surface area contributed by atoms with Crippen LogP contribution in [0.2, 0.25) is 0 Å². The number of piperidine rings is 1. The Morgan fingerprint density at radius 1 is 1.35 bits per heavy atom. The van der Waals surface area contributed by atoms with Crippen molar-refractivity contribution in [3.05, 3.63) is 12.3 Å². The topological polar surface area (TPSA) is 57.4 Å². The van der Waals surface area contributed by atoms with Gasteiger partial charge in [0.25, 0.3) is 0 Å². The van der Waals surface area contributed by atoms with Crippen molar-refractivity contribution in [2.24, 2.45) is 20.9 Å². The Labute approximate surface area is 99.7 Å². The third kappa shape index (κ3) is 1.81. The molecule has 0 aliphatic carbocycles. The van der Waals surface area contributed by atoms with Crippen LogP contribution in [0.15, 0.2) is 27.3 Å². The fourth-order valence-electron chi connectivity index (χ4n) is 2.38. The van der Waals surface area contributed by atoms with Crippen LogP contribution in [-0.2, 0) is 4.79 Å². The van der Waals surface area contributed by atoms with Crippen molar-refractivity contribution in [3.8, 4) is 0 Å². The van der Waals surface area contributed by atoms with E-state index in [0.717, 1.165) is 43.3 Å². The Hall–Kier alpha value is -1.78. The van der Waals surface area contributed by atoms with Crippen molar-refractivity contribution in [1.29, 1.82) is 0 Å². The zero-order valence-corrected chi connectivity index (χ0v) is 9.76. The van der Waals surface area contributed by atoms with Crippen LogP contribution in [0.3, 0.4) is 0 Å². The van der Waals surface area contributed by atoms with Crippen LogP contribution in [-0.4, -0.2) is 41.3 Å². The summed E-state index contributed by atoms with van der Waals surface area (Å²) in [7, 11) is 0. The van der Waals surface area contributed by atoms with Crippen LogP contribution in [0.25, 0.3) is 0 Å². The van der Waals surface area contributed by atoms with E-state index in [1.54, 1.807) is 13.1 Å². The number of likely N-dealkylation sites (tertiary alicyclic amines) is 1. The average molecular weight is 230 g/mol. The first kappa shape index (κ1) is 10.4. The Bertz CT molecular complexity index is 479. The molecule has 3 aliphatic rings. The fraction of sp³-hybridized carbons (Fsp3) is 0.500. The van der Waals surface area contributed by atoms with Gasteiger partial charge in [0, 0.05) is 32.1 Å². The molecule has 1 saturated heterocycles. The van der Waals surface area contributed by atoms with E-state index in [1.165, 1.54) is 0 Å². The molecule has 0 saturated carbocycles. The van der Waals surface area contributed by atoms with Crippen molar-refractivity contribution in [2.75, 3.05) is 13.1 Å². The van der Waals surface area contributed by atoms with Crippen LogP contribution in [0, 0.1) is 5.92 Å². The van der Waals surface area contributed by atoms with Crippen molar-refractivity contribution in [3.63, 3.8) is 0 Å². The summed E-state index contributed by atoms with van der Waals surface area (Å²) in [5.74, 6) is 2.17. The van der Waals surface area contributed by atoms with Gasteiger partial charge in [0.15, 0.2) is 5.84 Å².